The highest BCUT2D eigenvalue weighted by Gasteiger charge is 2.38. The number of hydrogen-bond acceptors (Lipinski definition) is 4. The zero-order valence-corrected chi connectivity index (χ0v) is 20.9. The molecular formula is C30H39N3O. The maximum atomic E-state index is 5.99. The van der Waals surface area contributed by atoms with Crippen LogP contribution >= 0.6 is 0 Å². The molecule has 4 heteroatoms. The number of nitrogens with zero attached hydrogens (tertiary/aromatic N) is 3. The largest absolute Gasteiger partial charge is 0.489 e. The van der Waals surface area contributed by atoms with E-state index in [9.17, 15) is 0 Å². The van der Waals surface area contributed by atoms with Crippen molar-refractivity contribution in [1.29, 1.82) is 0 Å². The van der Waals surface area contributed by atoms with Crippen molar-refractivity contribution in [1.82, 2.24) is 14.9 Å². The first kappa shape index (κ1) is 24.5. The van der Waals surface area contributed by atoms with E-state index in [1.807, 2.05) is 6.07 Å². The van der Waals surface area contributed by atoms with E-state index in [2.05, 4.69) is 115 Å². The summed E-state index contributed by atoms with van der Waals surface area (Å²) >= 11 is 0. The molecule has 1 aliphatic rings. The predicted molar refractivity (Wildman–Crippen MR) is 141 cm³/mol. The van der Waals surface area contributed by atoms with Crippen LogP contribution in [0.5, 0.6) is 5.75 Å². The minimum atomic E-state index is 0.369. The Labute approximate surface area is 205 Å². The molecule has 0 radical (unpaired) electrons. The molecule has 0 spiro atoms. The predicted octanol–water partition coefficient (Wildman–Crippen LogP) is 6.16. The van der Waals surface area contributed by atoms with Crippen molar-refractivity contribution in [2.75, 3.05) is 26.2 Å². The van der Waals surface area contributed by atoms with Gasteiger partial charge in [0.1, 0.15) is 12.4 Å². The Kier molecular flexibility index (Phi) is 8.75. The van der Waals surface area contributed by atoms with Gasteiger partial charge >= 0.3 is 0 Å². The summed E-state index contributed by atoms with van der Waals surface area (Å²) in [5.41, 5.74) is 3.94. The van der Waals surface area contributed by atoms with Crippen LogP contribution in [0.15, 0.2) is 84.9 Å². The van der Waals surface area contributed by atoms with Crippen molar-refractivity contribution in [3.05, 3.63) is 102 Å². The number of rotatable bonds is 10. The fourth-order valence-electron chi connectivity index (χ4n) is 5.23. The Morgan fingerprint density at radius 1 is 0.765 bits per heavy atom. The van der Waals surface area contributed by atoms with Crippen LogP contribution in [0.2, 0.25) is 0 Å². The first-order valence-electron chi connectivity index (χ1n) is 12.8. The molecule has 34 heavy (non-hydrogen) atoms. The zero-order valence-electron chi connectivity index (χ0n) is 20.9. The lowest BCUT2D eigenvalue weighted by Gasteiger charge is -2.51. The number of benzene rings is 3. The van der Waals surface area contributed by atoms with Gasteiger partial charge in [-0.15, -0.1) is 0 Å². The Morgan fingerprint density at radius 3 is 2.03 bits per heavy atom. The summed E-state index contributed by atoms with van der Waals surface area (Å²) in [6, 6.07) is 30.9. The molecule has 1 aliphatic heterocycles. The van der Waals surface area contributed by atoms with E-state index in [1.165, 1.54) is 16.7 Å². The van der Waals surface area contributed by atoms with Crippen molar-refractivity contribution in [2.24, 2.45) is 0 Å². The molecule has 0 saturated carbocycles. The monoisotopic (exact) mass is 457 g/mol. The molecule has 4 nitrogen and oxygen atoms in total. The van der Waals surface area contributed by atoms with Gasteiger partial charge in [-0.3, -0.25) is 4.90 Å². The maximum absolute atomic E-state index is 5.99. The molecule has 0 bridgehead atoms. The normalized spacial score (nSPS) is 19.4. The van der Waals surface area contributed by atoms with Gasteiger partial charge in [0.15, 0.2) is 0 Å². The van der Waals surface area contributed by atoms with Crippen LogP contribution in [-0.2, 0) is 13.2 Å². The average Bonchev–Trinajstić information content (AvgIpc) is 2.90. The highest BCUT2D eigenvalue weighted by molar-refractivity contribution is 5.28. The molecule has 1 fully saturated rings. The summed E-state index contributed by atoms with van der Waals surface area (Å²) in [4.78, 5) is 2.68. The van der Waals surface area contributed by atoms with Gasteiger partial charge in [0.25, 0.3) is 0 Å². The van der Waals surface area contributed by atoms with Gasteiger partial charge in [-0.25, -0.2) is 10.0 Å². The molecule has 0 amide bonds. The molecule has 3 aromatic rings. The molecule has 2 atom stereocenters. The summed E-state index contributed by atoms with van der Waals surface area (Å²) < 4.78 is 5.99. The molecule has 1 heterocycles. The van der Waals surface area contributed by atoms with Crippen LogP contribution in [0.3, 0.4) is 0 Å². The average molecular weight is 458 g/mol. The maximum Gasteiger partial charge on any atom is 0.119 e. The van der Waals surface area contributed by atoms with Gasteiger partial charge in [0.05, 0.1) is 6.04 Å². The Morgan fingerprint density at radius 2 is 1.41 bits per heavy atom. The Balaban J connectivity index is 1.47. The minimum absolute atomic E-state index is 0.369. The lowest BCUT2D eigenvalue weighted by atomic mass is 9.92. The smallest absolute Gasteiger partial charge is 0.119 e. The molecule has 0 aromatic heterocycles. The van der Waals surface area contributed by atoms with Crippen LogP contribution in [0.4, 0.5) is 0 Å². The second kappa shape index (κ2) is 12.2. The molecule has 0 N–H and O–H groups in total. The summed E-state index contributed by atoms with van der Waals surface area (Å²) in [5.74, 6) is 0.924. The molecule has 2 unspecified atom stereocenters. The summed E-state index contributed by atoms with van der Waals surface area (Å²) in [6.45, 7) is 12.6. The van der Waals surface area contributed by atoms with Gasteiger partial charge in [0, 0.05) is 38.8 Å². The van der Waals surface area contributed by atoms with Crippen molar-refractivity contribution in [2.45, 2.75) is 52.4 Å². The summed E-state index contributed by atoms with van der Waals surface area (Å²) in [7, 11) is 0. The van der Waals surface area contributed by atoms with E-state index < -0.39 is 0 Å². The number of hydrazine groups is 1. The fourth-order valence-corrected chi connectivity index (χ4v) is 5.23. The van der Waals surface area contributed by atoms with Crippen molar-refractivity contribution in [3.8, 4) is 5.75 Å². The SMILES string of the molecule is CCC1C(c2ccccc2)N(N(CC)CC)CCN1Cc1ccc(OCc2ccccc2)cc1. The molecule has 1 saturated heterocycles. The first-order chi connectivity index (χ1) is 16.7. The third-order valence-corrected chi connectivity index (χ3v) is 6.98. The van der Waals surface area contributed by atoms with Crippen molar-refractivity contribution in [3.63, 3.8) is 0 Å². The van der Waals surface area contributed by atoms with E-state index >= 15 is 0 Å². The van der Waals surface area contributed by atoms with E-state index in [4.69, 9.17) is 4.74 Å². The summed E-state index contributed by atoms with van der Waals surface area (Å²) in [6.07, 6.45) is 1.12. The van der Waals surface area contributed by atoms with Crippen LogP contribution < -0.4 is 4.74 Å². The highest BCUT2D eigenvalue weighted by Crippen LogP contribution is 2.35. The van der Waals surface area contributed by atoms with Gasteiger partial charge < -0.3 is 4.74 Å². The van der Waals surface area contributed by atoms with Gasteiger partial charge in [0.2, 0.25) is 0 Å². The van der Waals surface area contributed by atoms with Crippen LogP contribution in [0, 0.1) is 0 Å². The van der Waals surface area contributed by atoms with E-state index in [0.29, 0.717) is 18.7 Å². The lowest BCUT2D eigenvalue weighted by molar-refractivity contribution is -0.119. The lowest BCUT2D eigenvalue weighted by Crippen LogP contribution is -2.59. The Bertz CT molecular complexity index is 973. The van der Waals surface area contributed by atoms with E-state index in [0.717, 1.165) is 44.9 Å². The first-order valence-corrected chi connectivity index (χ1v) is 12.8. The van der Waals surface area contributed by atoms with Gasteiger partial charge in [-0.2, -0.15) is 0 Å². The quantitative estimate of drug-likeness (QED) is 0.363. The van der Waals surface area contributed by atoms with Crippen LogP contribution in [-0.4, -0.2) is 47.1 Å². The zero-order chi connectivity index (χ0) is 23.8. The molecule has 180 valence electrons. The van der Waals surface area contributed by atoms with Gasteiger partial charge in [-0.05, 0) is 35.2 Å². The third kappa shape index (κ3) is 5.87. The fraction of sp³-hybridized carbons (Fsp3) is 0.400. The van der Waals surface area contributed by atoms with Crippen LogP contribution in [0.25, 0.3) is 0 Å². The van der Waals surface area contributed by atoms with E-state index in [1.54, 1.807) is 0 Å². The number of piperazine rings is 1. The number of hydrogen-bond donors (Lipinski definition) is 0. The minimum Gasteiger partial charge on any atom is -0.489 e. The van der Waals surface area contributed by atoms with Crippen molar-refractivity contribution >= 4 is 0 Å². The molecular weight excluding hydrogens is 418 g/mol. The molecule has 0 aliphatic carbocycles. The number of ether oxygens (including phenoxy) is 1. The summed E-state index contributed by atoms with van der Waals surface area (Å²) in [5, 5.41) is 5.14. The Hall–Kier alpha value is -2.66. The third-order valence-electron chi connectivity index (χ3n) is 6.98. The van der Waals surface area contributed by atoms with E-state index in [-0.39, 0.29) is 0 Å². The second-order valence-corrected chi connectivity index (χ2v) is 9.02. The van der Waals surface area contributed by atoms with Gasteiger partial charge in [-0.1, -0.05) is 93.6 Å². The van der Waals surface area contributed by atoms with Crippen molar-refractivity contribution < 1.29 is 4.74 Å². The highest BCUT2D eigenvalue weighted by atomic mass is 16.5. The molecule has 3 aromatic carbocycles. The second-order valence-electron chi connectivity index (χ2n) is 9.02. The van der Waals surface area contributed by atoms with Crippen LogP contribution in [0.1, 0.15) is 49.9 Å². The molecule has 4 rings (SSSR count). The topological polar surface area (TPSA) is 19.0 Å². The standard InChI is InChI=1S/C30H39N3O/c1-4-29-30(27-15-11-8-12-16-27)33(32(5-2)6-3)22-21-31(29)23-25-17-19-28(20-18-25)34-24-26-13-9-7-10-14-26/h7-20,29-30H,4-6,21-24H2,1-3H3.